The maximum absolute atomic E-state index is 12.0. The van der Waals surface area contributed by atoms with E-state index in [1.165, 1.54) is 0 Å². The Hall–Kier alpha value is -2.32. The number of aliphatic imine (C=N–C) groups is 1. The fourth-order valence-corrected chi connectivity index (χ4v) is 2.32. The van der Waals surface area contributed by atoms with Crippen LogP contribution in [0.5, 0.6) is 0 Å². The second-order valence-corrected chi connectivity index (χ2v) is 5.53. The zero-order chi connectivity index (χ0) is 18.5. The van der Waals surface area contributed by atoms with Crippen molar-refractivity contribution < 1.29 is 9.59 Å². The van der Waals surface area contributed by atoms with Crippen LogP contribution in [0.25, 0.3) is 0 Å². The molecule has 0 spiro atoms. The zero-order valence-corrected chi connectivity index (χ0v) is 15.0. The number of aldehydes is 1. The van der Waals surface area contributed by atoms with Gasteiger partial charge in [-0.3, -0.25) is 14.6 Å². The minimum Gasteiger partial charge on any atom is -0.386 e. The highest BCUT2D eigenvalue weighted by atomic mass is 16.1. The van der Waals surface area contributed by atoms with Gasteiger partial charge in [0, 0.05) is 26.1 Å². The third-order valence-electron chi connectivity index (χ3n) is 3.64. The topological polar surface area (TPSA) is 108 Å². The highest BCUT2D eigenvalue weighted by Crippen LogP contribution is 2.29. The number of carbonyl (C=O) groups excluding carboxylic acids is 2. The summed E-state index contributed by atoms with van der Waals surface area (Å²) in [5.74, 6) is 0.157. The lowest BCUT2D eigenvalue weighted by Gasteiger charge is -2.11. The van der Waals surface area contributed by atoms with Crippen LogP contribution in [-0.2, 0) is 4.79 Å². The van der Waals surface area contributed by atoms with E-state index >= 15 is 0 Å². The van der Waals surface area contributed by atoms with Crippen molar-refractivity contribution in [3.8, 4) is 0 Å². The van der Waals surface area contributed by atoms with Crippen molar-refractivity contribution >= 4 is 36.1 Å². The Morgan fingerprint density at radius 1 is 1.24 bits per heavy atom. The van der Waals surface area contributed by atoms with E-state index in [2.05, 4.69) is 38.0 Å². The number of rotatable bonds is 13. The molecule has 8 heteroatoms. The Labute approximate surface area is 148 Å². The lowest BCUT2D eigenvalue weighted by atomic mass is 10.2. The summed E-state index contributed by atoms with van der Waals surface area (Å²) in [6.07, 6.45) is 4.35. The van der Waals surface area contributed by atoms with Gasteiger partial charge in [0.05, 0.1) is 5.69 Å². The molecule has 1 heterocycles. The van der Waals surface area contributed by atoms with Crippen molar-refractivity contribution in [3.63, 3.8) is 0 Å². The Bertz CT molecular complexity index is 577. The standard InChI is InChI=1S/C17H28N6O2/c1-18-8-5-4-6-9-21-10-7-16(25)23-15-11-13(19-2)17(20-3)14(12-24)22-15/h11-12,18,21H,3-10H2,1-2H3,(H2,19,22,23,25). The highest BCUT2D eigenvalue weighted by molar-refractivity contribution is 5.93. The van der Waals surface area contributed by atoms with Gasteiger partial charge in [0.15, 0.2) is 6.29 Å². The van der Waals surface area contributed by atoms with Crippen molar-refractivity contribution in [2.24, 2.45) is 4.99 Å². The van der Waals surface area contributed by atoms with Crippen LogP contribution in [-0.4, -0.2) is 57.6 Å². The summed E-state index contributed by atoms with van der Waals surface area (Å²) >= 11 is 0. The number of hydrogen-bond acceptors (Lipinski definition) is 7. The second-order valence-electron chi connectivity index (χ2n) is 5.53. The molecule has 0 unspecified atom stereocenters. The maximum Gasteiger partial charge on any atom is 0.226 e. The molecule has 0 saturated heterocycles. The monoisotopic (exact) mass is 348 g/mol. The van der Waals surface area contributed by atoms with Crippen LogP contribution < -0.4 is 21.3 Å². The second kappa shape index (κ2) is 12.1. The summed E-state index contributed by atoms with van der Waals surface area (Å²) in [5, 5.41) is 12.0. The lowest BCUT2D eigenvalue weighted by molar-refractivity contribution is -0.116. The third-order valence-corrected chi connectivity index (χ3v) is 3.64. The lowest BCUT2D eigenvalue weighted by Crippen LogP contribution is -2.23. The minimum atomic E-state index is -0.159. The number of nitrogens with zero attached hydrogens (tertiary/aromatic N) is 2. The fourth-order valence-electron chi connectivity index (χ4n) is 2.32. The first kappa shape index (κ1) is 20.7. The van der Waals surface area contributed by atoms with Crippen LogP contribution in [0.2, 0.25) is 0 Å². The van der Waals surface area contributed by atoms with Gasteiger partial charge < -0.3 is 21.3 Å². The van der Waals surface area contributed by atoms with E-state index in [1.54, 1.807) is 13.1 Å². The van der Waals surface area contributed by atoms with Crippen LogP contribution in [0.4, 0.5) is 17.2 Å². The van der Waals surface area contributed by atoms with Gasteiger partial charge in [-0.1, -0.05) is 6.42 Å². The Morgan fingerprint density at radius 2 is 2.00 bits per heavy atom. The molecule has 4 N–H and O–H groups in total. The summed E-state index contributed by atoms with van der Waals surface area (Å²) < 4.78 is 0. The van der Waals surface area contributed by atoms with E-state index in [-0.39, 0.29) is 11.6 Å². The molecule has 1 rings (SSSR count). The normalized spacial score (nSPS) is 10.3. The SMILES string of the molecule is C=Nc1c(NC)cc(NC(=O)CCNCCCCCNC)nc1C=O. The Kier molecular flexibility index (Phi) is 10.0. The van der Waals surface area contributed by atoms with Crippen molar-refractivity contribution in [1.82, 2.24) is 15.6 Å². The number of anilines is 2. The van der Waals surface area contributed by atoms with Crippen LogP contribution in [0.1, 0.15) is 36.2 Å². The van der Waals surface area contributed by atoms with Gasteiger partial charge in [-0.15, -0.1) is 0 Å². The molecule has 8 nitrogen and oxygen atoms in total. The Balaban J connectivity index is 2.42. The molecule has 138 valence electrons. The molecular weight excluding hydrogens is 320 g/mol. The average molecular weight is 348 g/mol. The molecule has 0 aliphatic heterocycles. The van der Waals surface area contributed by atoms with E-state index in [4.69, 9.17) is 0 Å². The van der Waals surface area contributed by atoms with E-state index in [1.807, 2.05) is 7.05 Å². The zero-order valence-electron chi connectivity index (χ0n) is 15.0. The smallest absolute Gasteiger partial charge is 0.226 e. The van der Waals surface area contributed by atoms with Gasteiger partial charge >= 0.3 is 0 Å². The third kappa shape index (κ3) is 7.40. The average Bonchev–Trinajstić information content (AvgIpc) is 2.62. The van der Waals surface area contributed by atoms with Crippen LogP contribution >= 0.6 is 0 Å². The van der Waals surface area contributed by atoms with Gasteiger partial charge in [-0.25, -0.2) is 4.98 Å². The van der Waals surface area contributed by atoms with Gasteiger partial charge in [-0.05, 0) is 39.7 Å². The molecule has 0 aromatic carbocycles. The number of amides is 1. The first-order valence-electron chi connectivity index (χ1n) is 8.46. The van der Waals surface area contributed by atoms with E-state index in [0.717, 1.165) is 32.4 Å². The Morgan fingerprint density at radius 3 is 2.64 bits per heavy atom. The van der Waals surface area contributed by atoms with E-state index in [0.29, 0.717) is 36.4 Å². The molecule has 0 aliphatic carbocycles. The highest BCUT2D eigenvalue weighted by Gasteiger charge is 2.12. The van der Waals surface area contributed by atoms with Crippen LogP contribution in [0.3, 0.4) is 0 Å². The van der Waals surface area contributed by atoms with Crippen LogP contribution in [0, 0.1) is 0 Å². The molecule has 25 heavy (non-hydrogen) atoms. The molecular formula is C17H28N6O2. The number of pyridine rings is 1. The summed E-state index contributed by atoms with van der Waals surface area (Å²) in [7, 11) is 3.65. The molecule has 0 saturated carbocycles. The number of aromatic nitrogens is 1. The van der Waals surface area contributed by atoms with E-state index in [9.17, 15) is 9.59 Å². The fraction of sp³-hybridized carbons (Fsp3) is 0.529. The van der Waals surface area contributed by atoms with Crippen LogP contribution in [0.15, 0.2) is 11.1 Å². The predicted octanol–water partition coefficient (Wildman–Crippen LogP) is 1.58. The number of nitrogens with one attached hydrogen (secondary N) is 4. The minimum absolute atomic E-state index is 0.136. The summed E-state index contributed by atoms with van der Waals surface area (Å²) in [5.41, 5.74) is 1.09. The van der Waals surface area contributed by atoms with Crippen molar-refractivity contribution in [3.05, 3.63) is 11.8 Å². The summed E-state index contributed by atoms with van der Waals surface area (Å²) in [6.45, 7) is 5.96. The quantitative estimate of drug-likeness (QED) is 0.245. The van der Waals surface area contributed by atoms with Gasteiger partial charge in [0.2, 0.25) is 5.91 Å². The molecule has 0 atom stereocenters. The number of unbranched alkanes of at least 4 members (excludes halogenated alkanes) is 2. The number of hydrogen-bond donors (Lipinski definition) is 4. The molecule has 1 aromatic rings. The van der Waals surface area contributed by atoms with Gasteiger partial charge in [-0.2, -0.15) is 0 Å². The first-order chi connectivity index (χ1) is 12.2. The number of carbonyl (C=O) groups is 2. The predicted molar refractivity (Wildman–Crippen MR) is 102 cm³/mol. The summed E-state index contributed by atoms with van der Waals surface area (Å²) in [6, 6.07) is 1.63. The van der Waals surface area contributed by atoms with E-state index < -0.39 is 0 Å². The van der Waals surface area contributed by atoms with Gasteiger partial charge in [0.1, 0.15) is 17.2 Å². The van der Waals surface area contributed by atoms with Crippen molar-refractivity contribution in [2.75, 3.05) is 44.4 Å². The molecule has 0 fully saturated rings. The first-order valence-corrected chi connectivity index (χ1v) is 8.46. The van der Waals surface area contributed by atoms with Gasteiger partial charge in [0.25, 0.3) is 0 Å². The van der Waals surface area contributed by atoms with Crippen molar-refractivity contribution in [1.29, 1.82) is 0 Å². The molecule has 1 amide bonds. The molecule has 1 aromatic heterocycles. The molecule has 0 aliphatic rings. The molecule has 0 bridgehead atoms. The molecule has 0 radical (unpaired) electrons. The maximum atomic E-state index is 12.0. The largest absolute Gasteiger partial charge is 0.386 e. The summed E-state index contributed by atoms with van der Waals surface area (Å²) in [4.78, 5) is 31.0. The van der Waals surface area contributed by atoms with Crippen molar-refractivity contribution in [2.45, 2.75) is 25.7 Å².